The van der Waals surface area contributed by atoms with E-state index in [4.69, 9.17) is 0 Å². The van der Waals surface area contributed by atoms with E-state index in [1.807, 2.05) is 66.5 Å². The Morgan fingerprint density at radius 2 is 1.54 bits per heavy atom. The molecule has 0 aliphatic heterocycles. The number of aromatic nitrogens is 2. The van der Waals surface area contributed by atoms with Crippen molar-refractivity contribution in [2.24, 2.45) is 0 Å². The number of carbonyl (C=O) groups excluding carboxylic acids is 1. The Kier molecular flexibility index (Phi) is 6.22. The lowest BCUT2D eigenvalue weighted by atomic mass is 10.2. The molecule has 2 aromatic carbocycles. The summed E-state index contributed by atoms with van der Waals surface area (Å²) in [7, 11) is 1.91. The minimum atomic E-state index is -0.281. The molecular formula is C22H25N5O. The number of nitrogens with zero attached hydrogens (tertiary/aromatic N) is 4. The largest absolute Gasteiger partial charge is 0.372 e. The van der Waals surface area contributed by atoms with Crippen molar-refractivity contribution in [3.8, 4) is 0 Å². The van der Waals surface area contributed by atoms with Gasteiger partial charge in [-0.15, -0.1) is 10.2 Å². The molecule has 6 heteroatoms. The van der Waals surface area contributed by atoms with E-state index < -0.39 is 0 Å². The first-order valence-corrected chi connectivity index (χ1v) is 9.41. The fourth-order valence-electron chi connectivity index (χ4n) is 2.95. The van der Waals surface area contributed by atoms with Crippen LogP contribution in [0.15, 0.2) is 66.7 Å². The number of benzene rings is 2. The number of rotatable bonds is 7. The Morgan fingerprint density at radius 3 is 2.11 bits per heavy atom. The van der Waals surface area contributed by atoms with Crippen molar-refractivity contribution < 1.29 is 4.79 Å². The third-order valence-corrected chi connectivity index (χ3v) is 4.62. The maximum absolute atomic E-state index is 12.5. The molecule has 0 aliphatic rings. The molecule has 0 unspecified atom stereocenters. The summed E-state index contributed by atoms with van der Waals surface area (Å²) < 4.78 is 0. The molecule has 0 aliphatic carbocycles. The van der Waals surface area contributed by atoms with Crippen LogP contribution in [-0.2, 0) is 0 Å². The number of carbonyl (C=O) groups is 1. The topological polar surface area (TPSA) is 61.4 Å². The quantitative estimate of drug-likeness (QED) is 0.665. The summed E-state index contributed by atoms with van der Waals surface area (Å²) in [4.78, 5) is 16.6. The van der Waals surface area contributed by atoms with Crippen LogP contribution in [-0.4, -0.2) is 36.2 Å². The number of hydrogen-bond acceptors (Lipinski definition) is 5. The Morgan fingerprint density at radius 1 is 0.857 bits per heavy atom. The minimum Gasteiger partial charge on any atom is -0.372 e. The highest BCUT2D eigenvalue weighted by Gasteiger charge is 2.11. The molecule has 1 amide bonds. The monoisotopic (exact) mass is 375 g/mol. The van der Waals surface area contributed by atoms with Gasteiger partial charge in [0.2, 0.25) is 0 Å². The highest BCUT2D eigenvalue weighted by atomic mass is 16.1. The van der Waals surface area contributed by atoms with Crippen LogP contribution in [0.25, 0.3) is 0 Å². The molecular weight excluding hydrogens is 350 g/mol. The maximum atomic E-state index is 12.5. The van der Waals surface area contributed by atoms with Crippen LogP contribution < -0.4 is 15.1 Å². The van der Waals surface area contributed by atoms with Gasteiger partial charge in [-0.2, -0.15) is 0 Å². The Hall–Kier alpha value is -3.41. The summed E-state index contributed by atoms with van der Waals surface area (Å²) in [6, 6.07) is 21.2. The third kappa shape index (κ3) is 4.46. The van der Waals surface area contributed by atoms with Crippen molar-refractivity contribution in [1.29, 1.82) is 0 Å². The highest BCUT2D eigenvalue weighted by Crippen LogP contribution is 2.21. The van der Waals surface area contributed by atoms with Gasteiger partial charge in [0.05, 0.1) is 0 Å². The zero-order valence-electron chi connectivity index (χ0n) is 16.5. The molecule has 3 aromatic rings. The zero-order chi connectivity index (χ0) is 19.9. The second-order valence-corrected chi connectivity index (χ2v) is 6.34. The van der Waals surface area contributed by atoms with Crippen molar-refractivity contribution in [3.63, 3.8) is 0 Å². The van der Waals surface area contributed by atoms with Crippen LogP contribution in [0.2, 0.25) is 0 Å². The van der Waals surface area contributed by atoms with Crippen LogP contribution in [0.5, 0.6) is 0 Å². The number of nitrogens with one attached hydrogen (secondary N) is 1. The summed E-state index contributed by atoms with van der Waals surface area (Å²) in [6.07, 6.45) is 0. The molecule has 0 saturated carbocycles. The molecule has 0 saturated heterocycles. The maximum Gasteiger partial charge on any atom is 0.276 e. The normalized spacial score (nSPS) is 10.4. The first-order valence-electron chi connectivity index (χ1n) is 9.41. The predicted octanol–water partition coefficient (Wildman–Crippen LogP) is 4.34. The van der Waals surface area contributed by atoms with E-state index >= 15 is 0 Å². The van der Waals surface area contributed by atoms with Gasteiger partial charge in [0.1, 0.15) is 0 Å². The fourth-order valence-corrected chi connectivity index (χ4v) is 2.95. The lowest BCUT2D eigenvalue weighted by Gasteiger charge is -2.21. The summed E-state index contributed by atoms with van der Waals surface area (Å²) in [5.41, 5.74) is 3.14. The predicted molar refractivity (Wildman–Crippen MR) is 114 cm³/mol. The molecule has 0 spiro atoms. The van der Waals surface area contributed by atoms with Crippen LogP contribution in [0.4, 0.5) is 22.9 Å². The first kappa shape index (κ1) is 19.4. The van der Waals surface area contributed by atoms with Crippen LogP contribution in [0, 0.1) is 0 Å². The van der Waals surface area contributed by atoms with E-state index in [9.17, 15) is 4.79 Å². The summed E-state index contributed by atoms with van der Waals surface area (Å²) in [5, 5.41) is 11.1. The van der Waals surface area contributed by atoms with Crippen LogP contribution >= 0.6 is 0 Å². The molecule has 6 nitrogen and oxygen atoms in total. The molecule has 0 bridgehead atoms. The van der Waals surface area contributed by atoms with Crippen molar-refractivity contribution in [2.45, 2.75) is 13.8 Å². The Balaban J connectivity index is 1.66. The van der Waals surface area contributed by atoms with Crippen molar-refractivity contribution in [3.05, 3.63) is 72.4 Å². The number of anilines is 4. The Labute approximate surface area is 165 Å². The number of hydrogen-bond donors (Lipinski definition) is 1. The van der Waals surface area contributed by atoms with Crippen molar-refractivity contribution in [1.82, 2.24) is 10.2 Å². The fraction of sp³-hybridized carbons (Fsp3) is 0.227. The first-order chi connectivity index (χ1) is 13.6. The van der Waals surface area contributed by atoms with E-state index in [0.717, 1.165) is 30.2 Å². The van der Waals surface area contributed by atoms with E-state index in [0.29, 0.717) is 5.82 Å². The Bertz CT molecular complexity index is 890. The van der Waals surface area contributed by atoms with Gasteiger partial charge in [-0.25, -0.2) is 0 Å². The van der Waals surface area contributed by atoms with Gasteiger partial charge in [0, 0.05) is 37.2 Å². The molecule has 0 atom stereocenters. The van der Waals surface area contributed by atoms with Crippen LogP contribution in [0.1, 0.15) is 24.3 Å². The molecule has 0 radical (unpaired) electrons. The average molecular weight is 375 g/mol. The van der Waals surface area contributed by atoms with Gasteiger partial charge in [0.15, 0.2) is 11.5 Å². The van der Waals surface area contributed by atoms with Gasteiger partial charge in [-0.3, -0.25) is 4.79 Å². The van der Waals surface area contributed by atoms with Gasteiger partial charge in [0.25, 0.3) is 5.91 Å². The third-order valence-electron chi connectivity index (χ3n) is 4.62. The summed E-state index contributed by atoms with van der Waals surface area (Å²) >= 11 is 0. The van der Waals surface area contributed by atoms with E-state index in [1.165, 1.54) is 0 Å². The molecule has 1 heterocycles. The summed E-state index contributed by atoms with van der Waals surface area (Å²) in [5.74, 6) is 0.392. The molecule has 1 aromatic heterocycles. The second-order valence-electron chi connectivity index (χ2n) is 6.34. The molecule has 144 valence electrons. The average Bonchev–Trinajstić information content (AvgIpc) is 2.76. The van der Waals surface area contributed by atoms with Crippen molar-refractivity contribution in [2.75, 3.05) is 35.3 Å². The van der Waals surface area contributed by atoms with E-state index in [-0.39, 0.29) is 11.6 Å². The van der Waals surface area contributed by atoms with Gasteiger partial charge < -0.3 is 15.1 Å². The second kappa shape index (κ2) is 8.99. The smallest absolute Gasteiger partial charge is 0.276 e. The minimum absolute atomic E-state index is 0.276. The number of para-hydroxylation sites is 1. The van der Waals surface area contributed by atoms with E-state index in [1.54, 1.807) is 12.1 Å². The SMILES string of the molecule is CCN(CC)c1ccc(NC(=O)c2ccc(N(C)c3ccccc3)nn2)cc1. The van der Waals surface area contributed by atoms with Crippen LogP contribution in [0.3, 0.4) is 0 Å². The molecule has 0 fully saturated rings. The molecule has 1 N–H and O–H groups in total. The summed E-state index contributed by atoms with van der Waals surface area (Å²) in [6.45, 7) is 6.14. The van der Waals surface area contributed by atoms with Gasteiger partial charge in [-0.05, 0) is 62.4 Å². The van der Waals surface area contributed by atoms with Gasteiger partial charge >= 0.3 is 0 Å². The molecule has 3 rings (SSSR count). The lowest BCUT2D eigenvalue weighted by Crippen LogP contribution is -2.21. The van der Waals surface area contributed by atoms with Gasteiger partial charge in [-0.1, -0.05) is 18.2 Å². The standard InChI is InChI=1S/C22H25N5O/c1-4-27(5-2)19-13-11-17(12-14-19)23-22(28)20-15-16-21(25-24-20)26(3)18-9-7-6-8-10-18/h6-16H,4-5H2,1-3H3,(H,23,28). The lowest BCUT2D eigenvalue weighted by molar-refractivity contribution is 0.102. The van der Waals surface area contributed by atoms with Crippen molar-refractivity contribution >= 4 is 28.8 Å². The van der Waals surface area contributed by atoms with E-state index in [2.05, 4.69) is 34.3 Å². The zero-order valence-corrected chi connectivity index (χ0v) is 16.5. The number of amides is 1. The molecule has 28 heavy (non-hydrogen) atoms. The highest BCUT2D eigenvalue weighted by molar-refractivity contribution is 6.02.